The molecule has 0 bridgehead atoms. The first kappa shape index (κ1) is 33.2. The van der Waals surface area contributed by atoms with E-state index in [0.29, 0.717) is 0 Å². The number of hydrogen-bond donors (Lipinski definition) is 0. The third-order valence-corrected chi connectivity index (χ3v) is 12.0. The summed E-state index contributed by atoms with van der Waals surface area (Å²) in [6, 6.07) is 65.3. The van der Waals surface area contributed by atoms with Gasteiger partial charge in [0.1, 0.15) is 0 Å². The summed E-state index contributed by atoms with van der Waals surface area (Å²) in [4.78, 5) is 2.48. The molecule has 10 rings (SSSR count). The summed E-state index contributed by atoms with van der Waals surface area (Å²) in [5, 5.41) is 4.99. The van der Waals surface area contributed by atoms with Crippen molar-refractivity contribution in [2.24, 2.45) is 0 Å². The molecule has 1 aliphatic carbocycles. The largest absolute Gasteiger partial charge is 0.310 e. The highest BCUT2D eigenvalue weighted by atomic mass is 15.1. The zero-order valence-corrected chi connectivity index (χ0v) is 32.1. The van der Waals surface area contributed by atoms with E-state index in [4.69, 9.17) is 0 Å². The molecule has 9 aromatic rings. The third kappa shape index (κ3) is 5.23. The van der Waals surface area contributed by atoms with Gasteiger partial charge in [-0.25, -0.2) is 0 Å². The van der Waals surface area contributed by atoms with Crippen molar-refractivity contribution in [1.82, 2.24) is 4.57 Å². The summed E-state index contributed by atoms with van der Waals surface area (Å²) in [5.74, 6) is 0. The minimum atomic E-state index is -0.0597. The second kappa shape index (κ2) is 12.3. The van der Waals surface area contributed by atoms with E-state index >= 15 is 0 Å². The fraction of sp³-hybridized carbons (Fsp3) is 0.132. The number of aromatic nitrogens is 1. The monoisotopic (exact) mass is 708 g/mol. The topological polar surface area (TPSA) is 8.17 Å². The quantitative estimate of drug-likeness (QED) is 0.173. The van der Waals surface area contributed by atoms with Gasteiger partial charge in [-0.3, -0.25) is 0 Å². The first-order chi connectivity index (χ1) is 26.7. The van der Waals surface area contributed by atoms with E-state index in [9.17, 15) is 0 Å². The highest BCUT2D eigenvalue weighted by molar-refractivity contribution is 6.09. The van der Waals surface area contributed by atoms with Crippen LogP contribution in [0.25, 0.3) is 60.5 Å². The van der Waals surface area contributed by atoms with Gasteiger partial charge in [-0.1, -0.05) is 156 Å². The van der Waals surface area contributed by atoms with Gasteiger partial charge in [-0.15, -0.1) is 0 Å². The lowest BCUT2D eigenvalue weighted by atomic mass is 9.82. The van der Waals surface area contributed by atoms with Gasteiger partial charge < -0.3 is 9.47 Å². The summed E-state index contributed by atoms with van der Waals surface area (Å²) in [7, 11) is 0. The molecule has 0 radical (unpaired) electrons. The van der Waals surface area contributed by atoms with Gasteiger partial charge in [0.05, 0.1) is 16.7 Å². The van der Waals surface area contributed by atoms with E-state index in [2.05, 4.69) is 220 Å². The number of fused-ring (bicyclic) bond motifs is 7. The zero-order chi connectivity index (χ0) is 37.5. The normalized spacial score (nSPS) is 13.3. The Morgan fingerprint density at radius 2 is 1.07 bits per heavy atom. The number of benzene rings is 8. The molecule has 0 N–H and O–H groups in total. The zero-order valence-electron chi connectivity index (χ0n) is 32.1. The van der Waals surface area contributed by atoms with Crippen LogP contribution in [0, 0.1) is 0 Å². The van der Waals surface area contributed by atoms with E-state index in [0.717, 1.165) is 22.7 Å². The lowest BCUT2D eigenvalue weighted by molar-refractivity contribution is 0.590. The average Bonchev–Trinajstić information content (AvgIpc) is 3.66. The van der Waals surface area contributed by atoms with Crippen LogP contribution < -0.4 is 4.90 Å². The van der Waals surface area contributed by atoms with Gasteiger partial charge in [-0.05, 0) is 104 Å². The Balaban J connectivity index is 1.19. The van der Waals surface area contributed by atoms with Gasteiger partial charge in [-0.2, -0.15) is 0 Å². The Bertz CT molecular complexity index is 2860. The SMILES string of the molecule is CC(C)(C)c1ccc(N(c2ccc3c(c2)-c2ccccc2C3(C)C)c2ccc3ccccc3c2-c2ccc(-n3c4ccccc4c4ccccc43)cc2)cc1. The van der Waals surface area contributed by atoms with Crippen LogP contribution in [0.15, 0.2) is 176 Å². The minimum Gasteiger partial charge on any atom is -0.310 e. The standard InChI is InChI=1S/C53H44N2/c1-52(2,3)37-25-29-38(30-26-37)54(40-31-32-47-45(34-40)42-16-8-11-19-46(42)53(47,4)5)50-33-24-35-14-6-7-15-41(35)51(50)36-22-27-39(28-23-36)55-48-20-12-9-17-43(48)44-18-10-13-21-49(44)55/h6-34H,1-5H3. The number of para-hydroxylation sites is 2. The van der Waals surface area contributed by atoms with Crippen LogP contribution in [0.3, 0.4) is 0 Å². The Kier molecular flexibility index (Phi) is 7.44. The summed E-state index contributed by atoms with van der Waals surface area (Å²) < 4.78 is 2.39. The first-order valence-corrected chi connectivity index (χ1v) is 19.4. The van der Waals surface area contributed by atoms with Crippen molar-refractivity contribution in [3.63, 3.8) is 0 Å². The highest BCUT2D eigenvalue weighted by Gasteiger charge is 2.35. The Hall–Kier alpha value is -6.38. The van der Waals surface area contributed by atoms with Gasteiger partial charge in [0.25, 0.3) is 0 Å². The smallest absolute Gasteiger partial charge is 0.0546 e. The van der Waals surface area contributed by atoms with Gasteiger partial charge >= 0.3 is 0 Å². The number of nitrogens with zero attached hydrogens (tertiary/aromatic N) is 2. The van der Waals surface area contributed by atoms with E-state index in [1.807, 2.05) is 0 Å². The molecule has 1 heterocycles. The minimum absolute atomic E-state index is 0.0540. The van der Waals surface area contributed by atoms with Crippen LogP contribution in [0.2, 0.25) is 0 Å². The third-order valence-electron chi connectivity index (χ3n) is 12.0. The maximum absolute atomic E-state index is 2.48. The molecule has 0 unspecified atom stereocenters. The Labute approximate surface area is 323 Å². The molecule has 266 valence electrons. The molecule has 55 heavy (non-hydrogen) atoms. The van der Waals surface area contributed by atoms with Crippen molar-refractivity contribution in [3.8, 4) is 27.9 Å². The van der Waals surface area contributed by atoms with Crippen LogP contribution >= 0.6 is 0 Å². The van der Waals surface area contributed by atoms with Crippen LogP contribution in [-0.4, -0.2) is 4.57 Å². The van der Waals surface area contributed by atoms with Gasteiger partial charge in [0.2, 0.25) is 0 Å². The van der Waals surface area contributed by atoms with E-state index < -0.39 is 0 Å². The Morgan fingerprint density at radius 1 is 0.491 bits per heavy atom. The van der Waals surface area contributed by atoms with E-state index in [1.54, 1.807) is 0 Å². The molecule has 0 saturated carbocycles. The maximum Gasteiger partial charge on any atom is 0.0546 e. The fourth-order valence-corrected chi connectivity index (χ4v) is 9.11. The van der Waals surface area contributed by atoms with Crippen molar-refractivity contribution in [2.45, 2.75) is 45.4 Å². The predicted octanol–water partition coefficient (Wildman–Crippen LogP) is 14.7. The molecular formula is C53H44N2. The number of rotatable bonds is 5. The molecule has 0 amide bonds. The second-order valence-electron chi connectivity index (χ2n) is 16.6. The molecule has 1 aromatic heterocycles. The molecule has 0 spiro atoms. The summed E-state index contributed by atoms with van der Waals surface area (Å²) >= 11 is 0. The second-order valence-corrected chi connectivity index (χ2v) is 16.6. The molecular weight excluding hydrogens is 665 g/mol. The summed E-state index contributed by atoms with van der Waals surface area (Å²) in [6.45, 7) is 11.5. The maximum atomic E-state index is 2.48. The number of hydrogen-bond acceptors (Lipinski definition) is 1. The van der Waals surface area contributed by atoms with E-state index in [1.165, 1.54) is 71.5 Å². The van der Waals surface area contributed by atoms with Crippen LogP contribution in [0.5, 0.6) is 0 Å². The van der Waals surface area contributed by atoms with Crippen LogP contribution in [0.1, 0.15) is 51.3 Å². The van der Waals surface area contributed by atoms with Crippen molar-refractivity contribution in [3.05, 3.63) is 193 Å². The molecule has 2 heteroatoms. The average molecular weight is 709 g/mol. The first-order valence-electron chi connectivity index (χ1n) is 19.4. The lowest BCUT2D eigenvalue weighted by Gasteiger charge is -2.30. The molecule has 0 aliphatic heterocycles. The van der Waals surface area contributed by atoms with Crippen molar-refractivity contribution in [2.75, 3.05) is 4.90 Å². The van der Waals surface area contributed by atoms with E-state index in [-0.39, 0.29) is 10.8 Å². The molecule has 8 aromatic carbocycles. The molecule has 0 atom stereocenters. The van der Waals surface area contributed by atoms with Crippen molar-refractivity contribution in [1.29, 1.82) is 0 Å². The molecule has 2 nitrogen and oxygen atoms in total. The van der Waals surface area contributed by atoms with Crippen LogP contribution in [-0.2, 0) is 10.8 Å². The van der Waals surface area contributed by atoms with Crippen molar-refractivity contribution >= 4 is 49.6 Å². The Morgan fingerprint density at radius 3 is 1.76 bits per heavy atom. The lowest BCUT2D eigenvalue weighted by Crippen LogP contribution is -2.16. The molecule has 1 aliphatic rings. The molecule has 0 saturated heterocycles. The summed E-state index contributed by atoms with van der Waals surface area (Å²) in [6.07, 6.45) is 0. The number of anilines is 3. The molecule has 0 fully saturated rings. The fourth-order valence-electron chi connectivity index (χ4n) is 9.11. The van der Waals surface area contributed by atoms with Gasteiger partial charge in [0, 0.05) is 38.8 Å². The highest BCUT2D eigenvalue weighted by Crippen LogP contribution is 2.52. The summed E-state index contributed by atoms with van der Waals surface area (Å²) in [5.41, 5.74) is 16.1. The van der Waals surface area contributed by atoms with Crippen LogP contribution in [0.4, 0.5) is 17.1 Å². The predicted molar refractivity (Wildman–Crippen MR) is 235 cm³/mol. The van der Waals surface area contributed by atoms with Crippen molar-refractivity contribution < 1.29 is 0 Å². The van der Waals surface area contributed by atoms with Gasteiger partial charge in [0.15, 0.2) is 0 Å².